The molecule has 0 fully saturated rings. The average Bonchev–Trinajstić information content (AvgIpc) is 2.14. The molecule has 0 aromatic carbocycles. The van der Waals surface area contributed by atoms with Gasteiger partial charge in [-0.25, -0.2) is 0 Å². The van der Waals surface area contributed by atoms with E-state index in [2.05, 4.69) is 0 Å². The number of carbonyl (C=O) groups excluding carboxylic acids is 1. The molecule has 0 aliphatic heterocycles. The molecule has 6 nitrogen and oxygen atoms in total. The third-order valence-electron chi connectivity index (χ3n) is 2.80. The van der Waals surface area contributed by atoms with Crippen molar-refractivity contribution in [2.24, 2.45) is 0 Å². The number of Topliss-reactive ketones (excluding diaryl/α,β-unsaturated/α-hetero) is 1. The standard InChI is InChI=1S/C9H18O6/c1-5(11)8(2,14)9(3,15)7(13)6(12)4-10/h6-7,10,12-15H,4H2,1-3H3/t6-,7-,8-,9+/m1/s1. The second-order valence-electron chi connectivity index (χ2n) is 3.97. The number of aliphatic hydroxyl groups excluding tert-OH is 3. The van der Waals surface area contributed by atoms with E-state index >= 15 is 0 Å². The van der Waals surface area contributed by atoms with Crippen molar-refractivity contribution in [1.82, 2.24) is 0 Å². The molecular weight excluding hydrogens is 204 g/mol. The SMILES string of the molecule is CC(=O)[C@@](C)(O)[C@@](C)(O)[C@H](O)[C@H](O)CO. The highest BCUT2D eigenvalue weighted by atomic mass is 16.4. The predicted molar refractivity (Wildman–Crippen MR) is 51.0 cm³/mol. The molecule has 0 bridgehead atoms. The lowest BCUT2D eigenvalue weighted by atomic mass is 9.77. The van der Waals surface area contributed by atoms with Crippen molar-refractivity contribution < 1.29 is 30.3 Å². The minimum atomic E-state index is -2.25. The summed E-state index contributed by atoms with van der Waals surface area (Å²) in [5, 5.41) is 46.6. The van der Waals surface area contributed by atoms with E-state index in [1.807, 2.05) is 0 Å². The number of ketones is 1. The van der Waals surface area contributed by atoms with E-state index in [1.165, 1.54) is 0 Å². The van der Waals surface area contributed by atoms with Crippen LogP contribution in [0.1, 0.15) is 20.8 Å². The number of hydrogen-bond acceptors (Lipinski definition) is 6. The Balaban J connectivity index is 5.04. The normalized spacial score (nSPS) is 23.7. The lowest BCUT2D eigenvalue weighted by Crippen LogP contribution is -2.64. The van der Waals surface area contributed by atoms with Crippen LogP contribution in [0.25, 0.3) is 0 Å². The Bertz CT molecular complexity index is 235. The summed E-state index contributed by atoms with van der Waals surface area (Å²) in [6.07, 6.45) is -3.47. The van der Waals surface area contributed by atoms with E-state index in [-0.39, 0.29) is 0 Å². The maximum atomic E-state index is 11.1. The van der Waals surface area contributed by atoms with E-state index in [1.54, 1.807) is 0 Å². The van der Waals surface area contributed by atoms with Crippen LogP contribution in [0.2, 0.25) is 0 Å². The van der Waals surface area contributed by atoms with Gasteiger partial charge in [-0.15, -0.1) is 0 Å². The Morgan fingerprint density at radius 1 is 1.27 bits per heavy atom. The van der Waals surface area contributed by atoms with Crippen molar-refractivity contribution in [3.63, 3.8) is 0 Å². The van der Waals surface area contributed by atoms with Crippen LogP contribution in [0, 0.1) is 0 Å². The first kappa shape index (κ1) is 14.5. The molecule has 15 heavy (non-hydrogen) atoms. The van der Waals surface area contributed by atoms with Gasteiger partial charge in [0.05, 0.1) is 6.61 Å². The van der Waals surface area contributed by atoms with Gasteiger partial charge in [0, 0.05) is 0 Å². The molecule has 0 unspecified atom stereocenters. The average molecular weight is 222 g/mol. The molecule has 0 saturated heterocycles. The summed E-state index contributed by atoms with van der Waals surface area (Å²) in [6, 6.07) is 0. The summed E-state index contributed by atoms with van der Waals surface area (Å²) in [4.78, 5) is 11.1. The lowest BCUT2D eigenvalue weighted by molar-refractivity contribution is -0.209. The second-order valence-corrected chi connectivity index (χ2v) is 3.97. The van der Waals surface area contributed by atoms with Crippen LogP contribution in [-0.2, 0) is 4.79 Å². The van der Waals surface area contributed by atoms with Crippen molar-refractivity contribution in [1.29, 1.82) is 0 Å². The molecule has 5 N–H and O–H groups in total. The zero-order chi connectivity index (χ0) is 12.4. The lowest BCUT2D eigenvalue weighted by Gasteiger charge is -2.41. The van der Waals surface area contributed by atoms with Gasteiger partial charge in [-0.3, -0.25) is 4.79 Å². The maximum Gasteiger partial charge on any atom is 0.164 e. The number of carbonyl (C=O) groups is 1. The van der Waals surface area contributed by atoms with Gasteiger partial charge in [-0.2, -0.15) is 0 Å². The van der Waals surface area contributed by atoms with Crippen LogP contribution < -0.4 is 0 Å². The molecule has 90 valence electrons. The molecule has 0 amide bonds. The van der Waals surface area contributed by atoms with E-state index in [0.29, 0.717) is 0 Å². The van der Waals surface area contributed by atoms with Crippen molar-refractivity contribution >= 4 is 5.78 Å². The molecular formula is C9H18O6. The third-order valence-corrected chi connectivity index (χ3v) is 2.80. The zero-order valence-electron chi connectivity index (χ0n) is 9.01. The summed E-state index contributed by atoms with van der Waals surface area (Å²) in [5.74, 6) is -0.753. The van der Waals surface area contributed by atoms with Crippen LogP contribution in [0.15, 0.2) is 0 Å². The minimum Gasteiger partial charge on any atom is -0.394 e. The molecule has 0 aliphatic carbocycles. The molecule has 6 heteroatoms. The summed E-state index contributed by atoms with van der Waals surface area (Å²) in [5.41, 5.74) is -4.45. The largest absolute Gasteiger partial charge is 0.394 e. The third kappa shape index (κ3) is 2.53. The molecule has 0 aliphatic rings. The predicted octanol–water partition coefficient (Wildman–Crippen LogP) is -2.21. The van der Waals surface area contributed by atoms with E-state index in [4.69, 9.17) is 10.2 Å². The summed E-state index contributed by atoms with van der Waals surface area (Å²) in [6.45, 7) is 2.30. The fourth-order valence-corrected chi connectivity index (χ4v) is 1.12. The molecule has 0 aromatic heterocycles. The smallest absolute Gasteiger partial charge is 0.164 e. The summed E-state index contributed by atoms with van der Waals surface area (Å²) < 4.78 is 0. The maximum absolute atomic E-state index is 11.1. The molecule has 0 saturated carbocycles. The van der Waals surface area contributed by atoms with Crippen molar-refractivity contribution in [2.45, 2.75) is 44.2 Å². The highest BCUT2D eigenvalue weighted by Gasteiger charge is 2.52. The highest BCUT2D eigenvalue weighted by molar-refractivity contribution is 5.85. The van der Waals surface area contributed by atoms with Crippen LogP contribution in [0.5, 0.6) is 0 Å². The Morgan fingerprint density at radius 3 is 1.93 bits per heavy atom. The van der Waals surface area contributed by atoms with Crippen molar-refractivity contribution in [3.05, 3.63) is 0 Å². The first-order chi connectivity index (χ1) is 6.59. The van der Waals surface area contributed by atoms with E-state index < -0.39 is 35.8 Å². The van der Waals surface area contributed by atoms with E-state index in [0.717, 1.165) is 20.8 Å². The Hall–Kier alpha value is -0.530. The first-order valence-electron chi connectivity index (χ1n) is 4.51. The Morgan fingerprint density at radius 2 is 1.67 bits per heavy atom. The monoisotopic (exact) mass is 222 g/mol. The number of rotatable bonds is 5. The molecule has 0 radical (unpaired) electrons. The van der Waals surface area contributed by atoms with Gasteiger partial charge in [0.1, 0.15) is 17.8 Å². The van der Waals surface area contributed by atoms with Crippen molar-refractivity contribution in [2.75, 3.05) is 6.61 Å². The van der Waals surface area contributed by atoms with Gasteiger partial charge in [0.2, 0.25) is 0 Å². The topological polar surface area (TPSA) is 118 Å². The highest BCUT2D eigenvalue weighted by Crippen LogP contribution is 2.28. The zero-order valence-corrected chi connectivity index (χ0v) is 9.01. The van der Waals surface area contributed by atoms with Gasteiger partial charge >= 0.3 is 0 Å². The fourth-order valence-electron chi connectivity index (χ4n) is 1.12. The van der Waals surface area contributed by atoms with Gasteiger partial charge in [-0.1, -0.05) is 0 Å². The molecule has 0 heterocycles. The van der Waals surface area contributed by atoms with Crippen LogP contribution in [-0.4, -0.2) is 61.3 Å². The second kappa shape index (κ2) is 4.54. The van der Waals surface area contributed by atoms with Gasteiger partial charge in [0.25, 0.3) is 0 Å². The molecule has 0 spiro atoms. The van der Waals surface area contributed by atoms with Gasteiger partial charge < -0.3 is 25.5 Å². The number of hydrogen-bond donors (Lipinski definition) is 5. The quantitative estimate of drug-likeness (QED) is 0.360. The summed E-state index contributed by atoms with van der Waals surface area (Å²) >= 11 is 0. The molecule has 4 atom stereocenters. The van der Waals surface area contributed by atoms with Crippen LogP contribution in [0.3, 0.4) is 0 Å². The fraction of sp³-hybridized carbons (Fsp3) is 0.889. The van der Waals surface area contributed by atoms with Gasteiger partial charge in [-0.05, 0) is 20.8 Å². The molecule has 0 rings (SSSR count). The number of aliphatic hydroxyl groups is 5. The summed E-state index contributed by atoms with van der Waals surface area (Å²) in [7, 11) is 0. The molecule has 0 aromatic rings. The Labute approximate surface area is 87.8 Å². The first-order valence-corrected chi connectivity index (χ1v) is 4.51. The van der Waals surface area contributed by atoms with Crippen LogP contribution >= 0.6 is 0 Å². The van der Waals surface area contributed by atoms with E-state index in [9.17, 15) is 20.1 Å². The van der Waals surface area contributed by atoms with Gasteiger partial charge in [0.15, 0.2) is 11.4 Å². The minimum absolute atomic E-state index is 0.753. The Kier molecular flexibility index (Phi) is 4.38. The van der Waals surface area contributed by atoms with Crippen molar-refractivity contribution in [3.8, 4) is 0 Å². The van der Waals surface area contributed by atoms with Crippen LogP contribution in [0.4, 0.5) is 0 Å².